The summed E-state index contributed by atoms with van der Waals surface area (Å²) in [6.07, 6.45) is 8.70. The molecule has 0 rings (SSSR count). The summed E-state index contributed by atoms with van der Waals surface area (Å²) in [5.74, 6) is 0.336. The maximum atomic E-state index is 12.3. The van der Waals surface area contributed by atoms with Crippen molar-refractivity contribution in [1.82, 2.24) is 4.90 Å². The first-order valence-electron chi connectivity index (χ1n) is 9.44. The lowest BCUT2D eigenvalue weighted by Crippen LogP contribution is -2.34. The van der Waals surface area contributed by atoms with Gasteiger partial charge in [-0.2, -0.15) is 0 Å². The van der Waals surface area contributed by atoms with Crippen LogP contribution in [-0.4, -0.2) is 36.5 Å². The minimum atomic E-state index is -0.198. The fourth-order valence-corrected chi connectivity index (χ4v) is 2.31. The van der Waals surface area contributed by atoms with E-state index in [1.54, 1.807) is 0 Å². The van der Waals surface area contributed by atoms with Gasteiger partial charge in [0.05, 0.1) is 13.0 Å². The van der Waals surface area contributed by atoms with Crippen LogP contribution in [-0.2, 0) is 14.3 Å². The third-order valence-corrected chi connectivity index (χ3v) is 3.79. The van der Waals surface area contributed by atoms with Gasteiger partial charge in [-0.05, 0) is 18.8 Å². The molecule has 0 atom stereocenters. The number of hydrogen-bond acceptors (Lipinski definition) is 3. The van der Waals surface area contributed by atoms with Gasteiger partial charge in [0.1, 0.15) is 0 Å². The monoisotopic (exact) mass is 327 g/mol. The summed E-state index contributed by atoms with van der Waals surface area (Å²) in [6.45, 7) is 10.0. The normalized spacial score (nSPS) is 10.8. The fraction of sp³-hybridized carbons (Fsp3) is 0.895. The summed E-state index contributed by atoms with van der Waals surface area (Å²) in [6, 6.07) is 0. The number of carbonyl (C=O) groups is 2. The molecule has 4 heteroatoms. The number of rotatable bonds is 14. The summed E-state index contributed by atoms with van der Waals surface area (Å²) in [7, 11) is 0. The van der Waals surface area contributed by atoms with Gasteiger partial charge >= 0.3 is 5.97 Å². The number of unbranched alkanes of at least 4 members (excludes halogenated alkanes) is 5. The molecule has 0 bridgehead atoms. The van der Waals surface area contributed by atoms with E-state index in [0.717, 1.165) is 32.2 Å². The number of nitrogens with zero attached hydrogens (tertiary/aromatic N) is 1. The minimum absolute atomic E-state index is 0.187. The Balaban J connectivity index is 4.12. The lowest BCUT2D eigenvalue weighted by atomic mass is 10.1. The van der Waals surface area contributed by atoms with Crippen LogP contribution in [0.2, 0.25) is 0 Å². The lowest BCUT2D eigenvalue weighted by Gasteiger charge is -2.22. The molecule has 136 valence electrons. The standard InChI is InChI=1S/C19H37NO3/c1-5-7-9-10-11-12-18(21)20(14-8-6-2)15-13-19(22)23-16-17(3)4/h17H,5-16H2,1-4H3. The zero-order chi connectivity index (χ0) is 17.5. The summed E-state index contributed by atoms with van der Waals surface area (Å²) in [5, 5.41) is 0. The van der Waals surface area contributed by atoms with Crippen molar-refractivity contribution in [1.29, 1.82) is 0 Å². The number of carbonyl (C=O) groups excluding carboxylic acids is 2. The van der Waals surface area contributed by atoms with E-state index in [1.807, 2.05) is 18.7 Å². The van der Waals surface area contributed by atoms with Crippen LogP contribution >= 0.6 is 0 Å². The zero-order valence-corrected chi connectivity index (χ0v) is 15.7. The molecule has 0 saturated carbocycles. The first-order chi connectivity index (χ1) is 11.0. The van der Waals surface area contributed by atoms with E-state index < -0.39 is 0 Å². The molecule has 0 aromatic rings. The highest BCUT2D eigenvalue weighted by molar-refractivity contribution is 5.77. The number of hydrogen-bond donors (Lipinski definition) is 0. The molecule has 0 radical (unpaired) electrons. The molecular weight excluding hydrogens is 290 g/mol. The van der Waals surface area contributed by atoms with E-state index in [9.17, 15) is 9.59 Å². The molecule has 0 aromatic heterocycles. The molecule has 0 fully saturated rings. The largest absolute Gasteiger partial charge is 0.465 e. The van der Waals surface area contributed by atoms with E-state index in [0.29, 0.717) is 31.9 Å². The zero-order valence-electron chi connectivity index (χ0n) is 15.7. The molecule has 0 N–H and O–H groups in total. The van der Waals surface area contributed by atoms with Gasteiger partial charge in [-0.15, -0.1) is 0 Å². The van der Waals surface area contributed by atoms with Crippen molar-refractivity contribution in [2.75, 3.05) is 19.7 Å². The van der Waals surface area contributed by atoms with Crippen molar-refractivity contribution in [3.05, 3.63) is 0 Å². The minimum Gasteiger partial charge on any atom is -0.465 e. The van der Waals surface area contributed by atoms with E-state index >= 15 is 0 Å². The first-order valence-corrected chi connectivity index (χ1v) is 9.44. The Bertz CT molecular complexity index is 316. The molecule has 0 aliphatic carbocycles. The highest BCUT2D eigenvalue weighted by atomic mass is 16.5. The van der Waals surface area contributed by atoms with Crippen LogP contribution in [0.5, 0.6) is 0 Å². The maximum Gasteiger partial charge on any atom is 0.307 e. The van der Waals surface area contributed by atoms with E-state index in [4.69, 9.17) is 4.74 Å². The molecule has 1 amide bonds. The second kappa shape index (κ2) is 14.5. The Hall–Kier alpha value is -1.06. The van der Waals surface area contributed by atoms with Gasteiger partial charge in [0.15, 0.2) is 0 Å². The SMILES string of the molecule is CCCCCCCC(=O)N(CCCC)CCC(=O)OCC(C)C. The fourth-order valence-electron chi connectivity index (χ4n) is 2.31. The van der Waals surface area contributed by atoms with Crippen molar-refractivity contribution in [2.45, 2.75) is 85.5 Å². The Labute approximate surface area is 143 Å². The molecule has 23 heavy (non-hydrogen) atoms. The third-order valence-electron chi connectivity index (χ3n) is 3.79. The first kappa shape index (κ1) is 21.9. The van der Waals surface area contributed by atoms with Crippen LogP contribution < -0.4 is 0 Å². The number of amides is 1. The van der Waals surface area contributed by atoms with Crippen LogP contribution in [0, 0.1) is 5.92 Å². The van der Waals surface area contributed by atoms with Crippen LogP contribution in [0.1, 0.15) is 85.5 Å². The molecule has 0 unspecified atom stereocenters. The highest BCUT2D eigenvalue weighted by Crippen LogP contribution is 2.09. The maximum absolute atomic E-state index is 12.3. The molecule has 0 aliphatic heterocycles. The summed E-state index contributed by atoms with van der Waals surface area (Å²) in [4.78, 5) is 25.9. The Morgan fingerprint density at radius 3 is 2.13 bits per heavy atom. The highest BCUT2D eigenvalue weighted by Gasteiger charge is 2.15. The Morgan fingerprint density at radius 1 is 0.870 bits per heavy atom. The van der Waals surface area contributed by atoms with Gasteiger partial charge < -0.3 is 9.64 Å². The van der Waals surface area contributed by atoms with Crippen LogP contribution in [0.4, 0.5) is 0 Å². The summed E-state index contributed by atoms with van der Waals surface area (Å²) in [5.41, 5.74) is 0. The van der Waals surface area contributed by atoms with Crippen molar-refractivity contribution < 1.29 is 14.3 Å². The van der Waals surface area contributed by atoms with Gasteiger partial charge in [0, 0.05) is 19.5 Å². The second-order valence-electron chi connectivity index (χ2n) is 6.73. The molecule has 0 heterocycles. The van der Waals surface area contributed by atoms with Gasteiger partial charge in [-0.25, -0.2) is 0 Å². The van der Waals surface area contributed by atoms with Crippen LogP contribution in [0.3, 0.4) is 0 Å². The Morgan fingerprint density at radius 2 is 1.52 bits per heavy atom. The third kappa shape index (κ3) is 13.1. The number of ether oxygens (including phenoxy) is 1. The molecular formula is C19H37NO3. The smallest absolute Gasteiger partial charge is 0.307 e. The van der Waals surface area contributed by atoms with Gasteiger partial charge in [-0.3, -0.25) is 9.59 Å². The molecule has 4 nitrogen and oxygen atoms in total. The quantitative estimate of drug-likeness (QED) is 0.347. The molecule has 0 aromatic carbocycles. The van der Waals surface area contributed by atoms with Crippen LogP contribution in [0.25, 0.3) is 0 Å². The average Bonchev–Trinajstić information content (AvgIpc) is 2.52. The lowest BCUT2D eigenvalue weighted by molar-refractivity contribution is -0.145. The van der Waals surface area contributed by atoms with Crippen molar-refractivity contribution in [3.8, 4) is 0 Å². The van der Waals surface area contributed by atoms with Crippen molar-refractivity contribution in [3.63, 3.8) is 0 Å². The van der Waals surface area contributed by atoms with E-state index in [1.165, 1.54) is 19.3 Å². The molecule has 0 aliphatic rings. The van der Waals surface area contributed by atoms with E-state index in [-0.39, 0.29) is 11.9 Å². The second-order valence-corrected chi connectivity index (χ2v) is 6.73. The predicted molar refractivity (Wildman–Crippen MR) is 95.3 cm³/mol. The van der Waals surface area contributed by atoms with Crippen LogP contribution in [0.15, 0.2) is 0 Å². The summed E-state index contributed by atoms with van der Waals surface area (Å²) >= 11 is 0. The van der Waals surface area contributed by atoms with Gasteiger partial charge in [0.2, 0.25) is 5.91 Å². The van der Waals surface area contributed by atoms with Crippen molar-refractivity contribution in [2.24, 2.45) is 5.92 Å². The number of esters is 1. The Kier molecular flexibility index (Phi) is 13.9. The van der Waals surface area contributed by atoms with Crippen molar-refractivity contribution >= 4 is 11.9 Å². The average molecular weight is 328 g/mol. The molecule has 0 saturated heterocycles. The predicted octanol–water partition coefficient (Wildman–Crippen LogP) is 4.56. The topological polar surface area (TPSA) is 46.6 Å². The van der Waals surface area contributed by atoms with E-state index in [2.05, 4.69) is 13.8 Å². The summed E-state index contributed by atoms with van der Waals surface area (Å²) < 4.78 is 5.19. The molecule has 0 spiro atoms. The van der Waals surface area contributed by atoms with Gasteiger partial charge in [-0.1, -0.05) is 59.8 Å². The van der Waals surface area contributed by atoms with Gasteiger partial charge in [0.25, 0.3) is 0 Å².